The molecule has 0 saturated carbocycles. The molecule has 414 valence electrons. The molecule has 9 heterocycles. The summed E-state index contributed by atoms with van der Waals surface area (Å²) in [6.45, 7) is -2.07. The molecule has 0 bridgehead atoms. The van der Waals surface area contributed by atoms with Gasteiger partial charge in [0.1, 0.15) is 85.0 Å². The van der Waals surface area contributed by atoms with Gasteiger partial charge in [-0.1, -0.05) is 0 Å². The van der Waals surface area contributed by atoms with E-state index >= 15 is 0 Å². The maximum absolute atomic E-state index is 14.1. The largest absolute Gasteiger partial charge is 0.694 e. The van der Waals surface area contributed by atoms with Crippen LogP contribution in [0.3, 0.4) is 0 Å². The highest BCUT2D eigenvalue weighted by Crippen LogP contribution is 2.52. The van der Waals surface area contributed by atoms with Crippen LogP contribution in [0.1, 0.15) is 44.4 Å². The predicted octanol–water partition coefficient (Wildman–Crippen LogP) is -4.24. The van der Waals surface area contributed by atoms with Crippen LogP contribution >= 0.6 is 23.9 Å². The molecule has 0 radical (unpaired) electrons. The van der Waals surface area contributed by atoms with Crippen molar-refractivity contribution in [2.24, 2.45) is 0 Å². The van der Waals surface area contributed by atoms with Crippen molar-refractivity contribution in [3.05, 3.63) is 58.1 Å². The van der Waals surface area contributed by atoms with E-state index < -0.39 is 147 Å². The maximum atomic E-state index is 14.1. The SMILES string of the molecule is Nc1ccn([C@@H]2O[C@H](CO[P+](=O)O)[C@@H](OP(=O)(O)OC[C@H]3O[C@@H](n4ccc(N)nc4=O)[C@H](O)[C@@H]3OP(=O)(O)OC[C@H]3O[C@@H](n4cnc5c(N)ncnc54)[C@H](O)[C@@H]3NC(=O)[C@@H]3CCCN3C(=O)[C@@H]3CCCN3)[C@H]2O)c(=O)n1. The second-order valence-corrected chi connectivity index (χ2v) is 21.5. The van der Waals surface area contributed by atoms with Crippen molar-refractivity contribution < 1.29 is 90.1 Å². The van der Waals surface area contributed by atoms with Crippen LogP contribution in [0.25, 0.3) is 11.2 Å². The molecule has 5 fully saturated rings. The lowest BCUT2D eigenvalue weighted by Crippen LogP contribution is -2.56. The highest BCUT2D eigenvalue weighted by Gasteiger charge is 2.54. The number of carbonyl (C=O) groups excluding carboxylic acids is 2. The number of phosphoric acid groups is 2. The molecule has 5 aliphatic rings. The number of nitrogens with two attached hydrogens (primary N) is 3. The summed E-state index contributed by atoms with van der Waals surface area (Å²) < 4.78 is 85.3. The van der Waals surface area contributed by atoms with Crippen LogP contribution in [0.2, 0.25) is 0 Å². The van der Waals surface area contributed by atoms with Crippen LogP contribution in [0, 0.1) is 0 Å². The standard InChI is InChI=1S/C38H51N14O21P3/c39-21-5-9-50(37(58)46-21)35-26(54)28(19(70-35)11-66-74(60)61)72-76(64,65)68-13-20-29(27(55)36(71-20)51-10-6-22(40)47-38(51)59)73-75(62,63)67-12-18-23(25(53)34(69-18)52-15-45-24-30(41)43-14-44-31(24)52)48-32(56)17-4-2-8-49(17)33(57)16-3-1-7-42-16/h5-6,9-10,14-20,23,25-29,34-36,42,53-55H,1-4,7-8,11-13H2,(H9-,39,40,41,43,44,46,47,48,56,58,59,60,61,62,63,64,65)/p+1/t16-,17-,18+,19+,20+,23+,25+,26+,27+,28+,29+,34+,35+,36+/m0/s1. The van der Waals surface area contributed by atoms with Gasteiger partial charge in [0.2, 0.25) is 11.8 Å². The summed E-state index contributed by atoms with van der Waals surface area (Å²) in [4.78, 5) is 106. The van der Waals surface area contributed by atoms with E-state index in [1.165, 1.54) is 15.8 Å². The number of carbonyl (C=O) groups is 2. The van der Waals surface area contributed by atoms with E-state index in [2.05, 4.69) is 40.1 Å². The molecule has 2 amide bonds. The second kappa shape index (κ2) is 22.5. The Balaban J connectivity index is 0.933. The average Bonchev–Trinajstić information content (AvgIpc) is 4.26. The van der Waals surface area contributed by atoms with Crippen LogP contribution in [0.4, 0.5) is 17.5 Å². The third-order valence-electron chi connectivity index (χ3n) is 13.1. The highest BCUT2D eigenvalue weighted by atomic mass is 31.2. The van der Waals surface area contributed by atoms with Gasteiger partial charge in [-0.25, -0.2) is 33.7 Å². The molecule has 35 nitrogen and oxygen atoms in total. The number of rotatable bonds is 19. The summed E-state index contributed by atoms with van der Waals surface area (Å²) in [7, 11) is -14.4. The number of aliphatic hydroxyl groups excluding tert-OH is 3. The molecule has 76 heavy (non-hydrogen) atoms. The summed E-state index contributed by atoms with van der Waals surface area (Å²) in [6.07, 6.45) is -13.3. The number of hydrogen-bond donors (Lipinski definition) is 11. The third kappa shape index (κ3) is 11.7. The molecule has 14 N–H and O–H groups in total. The van der Waals surface area contributed by atoms with Gasteiger partial charge < -0.3 is 72.1 Å². The first-order chi connectivity index (χ1) is 36.1. The van der Waals surface area contributed by atoms with E-state index in [1.807, 2.05) is 0 Å². The molecule has 0 aromatic carbocycles. The number of nitrogens with zero attached hydrogens (tertiary/aromatic N) is 9. The van der Waals surface area contributed by atoms with Gasteiger partial charge in [-0.15, -0.1) is 9.42 Å². The minimum Gasteiger partial charge on any atom is -0.386 e. The predicted molar refractivity (Wildman–Crippen MR) is 250 cm³/mol. The first kappa shape index (κ1) is 55.4. The van der Waals surface area contributed by atoms with E-state index in [-0.39, 0.29) is 47.5 Å². The van der Waals surface area contributed by atoms with E-state index in [0.29, 0.717) is 24.0 Å². The number of aliphatic hydroxyl groups is 3. The first-order valence-corrected chi connectivity index (χ1v) is 27.3. The molecule has 4 aromatic heterocycles. The Morgan fingerprint density at radius 1 is 0.789 bits per heavy atom. The van der Waals surface area contributed by atoms with Crippen LogP contribution in [-0.4, -0.2) is 185 Å². The minimum atomic E-state index is -5.55. The van der Waals surface area contributed by atoms with Gasteiger partial charge in [-0.3, -0.25) is 41.4 Å². The molecular formula is C38H52N14O21P3+. The van der Waals surface area contributed by atoms with Crippen molar-refractivity contribution >= 4 is 64.3 Å². The Bertz CT molecular complexity index is 3040. The number of nitrogen functional groups attached to an aromatic ring is 3. The van der Waals surface area contributed by atoms with Crippen molar-refractivity contribution in [3.63, 3.8) is 0 Å². The van der Waals surface area contributed by atoms with Crippen molar-refractivity contribution in [2.75, 3.05) is 50.1 Å². The van der Waals surface area contributed by atoms with Crippen LogP contribution in [-0.2, 0) is 60.1 Å². The number of anilines is 3. The molecular weight excluding hydrogens is 1080 g/mol. The smallest absolute Gasteiger partial charge is 0.386 e. The van der Waals surface area contributed by atoms with Crippen LogP contribution in [0.5, 0.6) is 0 Å². The summed E-state index contributed by atoms with van der Waals surface area (Å²) >= 11 is 0. The molecule has 17 atom stereocenters. The fourth-order valence-corrected chi connectivity index (χ4v) is 11.7. The van der Waals surface area contributed by atoms with Crippen molar-refractivity contribution in [1.29, 1.82) is 0 Å². The Morgan fingerprint density at radius 2 is 1.36 bits per heavy atom. The lowest BCUT2D eigenvalue weighted by Gasteiger charge is -2.29. The molecule has 5 aliphatic heterocycles. The Labute approximate surface area is 427 Å². The van der Waals surface area contributed by atoms with E-state index in [4.69, 9.17) is 49.5 Å². The fraction of sp³-hybridized carbons (Fsp3) is 0.605. The Hall–Kier alpha value is -5.39. The summed E-state index contributed by atoms with van der Waals surface area (Å²) in [5.41, 5.74) is 15.3. The van der Waals surface area contributed by atoms with E-state index in [9.17, 15) is 62.9 Å². The van der Waals surface area contributed by atoms with Gasteiger partial charge in [-0.2, -0.15) is 9.97 Å². The molecule has 0 spiro atoms. The molecule has 9 rings (SSSR count). The van der Waals surface area contributed by atoms with Gasteiger partial charge in [0, 0.05) is 23.5 Å². The first-order valence-electron chi connectivity index (χ1n) is 23.2. The number of amides is 2. The molecule has 5 saturated heterocycles. The summed E-state index contributed by atoms with van der Waals surface area (Å²) in [6, 6.07) is -0.584. The normalized spacial score (nSPS) is 32.4. The van der Waals surface area contributed by atoms with Crippen molar-refractivity contribution in [2.45, 2.75) is 111 Å². The quantitative estimate of drug-likeness (QED) is 0.0396. The van der Waals surface area contributed by atoms with Gasteiger partial charge >= 0.3 is 35.3 Å². The van der Waals surface area contributed by atoms with Gasteiger partial charge in [-0.05, 0) is 44.4 Å². The van der Waals surface area contributed by atoms with Crippen molar-refractivity contribution in [1.82, 2.24) is 54.2 Å². The maximum Gasteiger partial charge on any atom is 0.694 e. The number of imidazole rings is 1. The van der Waals surface area contributed by atoms with Crippen LogP contribution < -0.4 is 39.2 Å². The lowest BCUT2D eigenvalue weighted by molar-refractivity contribution is -0.140. The van der Waals surface area contributed by atoms with Gasteiger partial charge in [0.25, 0.3) is 0 Å². The van der Waals surface area contributed by atoms with E-state index in [1.54, 1.807) is 0 Å². The fourth-order valence-electron chi connectivity index (χ4n) is 9.52. The zero-order chi connectivity index (χ0) is 54.4. The molecule has 3 unspecified atom stereocenters. The number of aromatic nitrogens is 8. The second-order valence-electron chi connectivity index (χ2n) is 17.9. The van der Waals surface area contributed by atoms with Crippen LogP contribution in [0.15, 0.2) is 46.8 Å². The summed E-state index contributed by atoms with van der Waals surface area (Å²) in [5, 5.41) is 40.5. The zero-order valence-electron chi connectivity index (χ0n) is 39.3. The average molecular weight is 1130 g/mol. The molecule has 38 heteroatoms. The Morgan fingerprint density at radius 3 is 1.92 bits per heavy atom. The number of nitrogens with one attached hydrogen (secondary N) is 2. The van der Waals surface area contributed by atoms with Gasteiger partial charge in [0.05, 0.1) is 31.6 Å². The number of ether oxygens (including phenoxy) is 3. The lowest BCUT2D eigenvalue weighted by atomic mass is 10.1. The van der Waals surface area contributed by atoms with Gasteiger partial charge in [0.15, 0.2) is 30.1 Å². The zero-order valence-corrected chi connectivity index (χ0v) is 42.0. The number of hydrogen-bond acceptors (Lipinski definition) is 27. The highest BCUT2D eigenvalue weighted by molar-refractivity contribution is 7.47. The number of fused-ring (bicyclic) bond motifs is 1. The van der Waals surface area contributed by atoms with Crippen molar-refractivity contribution in [3.8, 4) is 0 Å². The Kier molecular flexibility index (Phi) is 16.4. The molecule has 0 aliphatic carbocycles. The van der Waals surface area contributed by atoms with E-state index in [0.717, 1.165) is 41.8 Å². The third-order valence-corrected chi connectivity index (χ3v) is 15.4. The topological polar surface area (TPSA) is 499 Å². The number of phosphoric ester groups is 2. The molecule has 4 aromatic rings. The summed E-state index contributed by atoms with van der Waals surface area (Å²) in [5.74, 6) is -1.41. The minimum absolute atomic E-state index is 0.0150. The monoisotopic (exact) mass is 1130 g/mol. The number of likely N-dealkylation sites (tertiary alicyclic amines) is 1.